The van der Waals surface area contributed by atoms with Crippen molar-refractivity contribution in [3.63, 3.8) is 0 Å². The number of rotatable bonds is 18. The Labute approximate surface area is 177 Å². The van der Waals surface area contributed by atoms with Crippen molar-refractivity contribution in [2.45, 2.75) is 103 Å². The summed E-state index contributed by atoms with van der Waals surface area (Å²) < 4.78 is 5.23. The average Bonchev–Trinajstić information content (AvgIpc) is 2.73. The fraction of sp³-hybridized carbons (Fsp3) is 0.680. The summed E-state index contributed by atoms with van der Waals surface area (Å²) in [6, 6.07) is 6.18. The molecule has 0 aromatic heterocycles. The van der Waals surface area contributed by atoms with E-state index in [1.165, 1.54) is 95.6 Å². The van der Waals surface area contributed by atoms with Crippen molar-refractivity contribution < 1.29 is 19.4 Å². The van der Waals surface area contributed by atoms with Crippen molar-refractivity contribution >= 4 is 11.9 Å². The molecular weight excluding hydrogens is 364 g/mol. The third-order valence-corrected chi connectivity index (χ3v) is 5.36. The largest absolute Gasteiger partial charge is 0.478 e. The van der Waals surface area contributed by atoms with Crippen molar-refractivity contribution in [3.8, 4) is 0 Å². The molecule has 0 amide bonds. The number of aromatic carboxylic acids is 1. The molecule has 29 heavy (non-hydrogen) atoms. The van der Waals surface area contributed by atoms with Crippen molar-refractivity contribution in [1.29, 1.82) is 0 Å². The van der Waals surface area contributed by atoms with E-state index in [9.17, 15) is 9.59 Å². The molecule has 1 aromatic carbocycles. The van der Waals surface area contributed by atoms with E-state index in [1.54, 1.807) is 12.1 Å². The highest BCUT2D eigenvalue weighted by molar-refractivity contribution is 6.02. The van der Waals surface area contributed by atoms with Gasteiger partial charge in [-0.05, 0) is 18.6 Å². The van der Waals surface area contributed by atoms with Gasteiger partial charge in [-0.2, -0.15) is 0 Å². The fourth-order valence-electron chi connectivity index (χ4n) is 3.56. The number of hydrogen-bond acceptors (Lipinski definition) is 3. The molecule has 1 aromatic rings. The number of ether oxygens (including phenoxy) is 1. The van der Waals surface area contributed by atoms with Gasteiger partial charge in [0.25, 0.3) is 0 Å². The first-order valence-corrected chi connectivity index (χ1v) is 11.7. The number of carboxylic acids is 1. The van der Waals surface area contributed by atoms with Crippen LogP contribution in [0.25, 0.3) is 0 Å². The molecule has 0 aliphatic rings. The molecule has 0 atom stereocenters. The van der Waals surface area contributed by atoms with Gasteiger partial charge in [0.1, 0.15) is 0 Å². The van der Waals surface area contributed by atoms with E-state index >= 15 is 0 Å². The molecule has 0 aliphatic carbocycles. The van der Waals surface area contributed by atoms with Crippen LogP contribution in [0.3, 0.4) is 0 Å². The molecule has 0 aliphatic heterocycles. The third kappa shape index (κ3) is 12.4. The zero-order valence-electron chi connectivity index (χ0n) is 18.3. The Bertz CT molecular complexity index is 568. The van der Waals surface area contributed by atoms with Crippen molar-refractivity contribution in [2.75, 3.05) is 6.61 Å². The SMILES string of the molecule is CCCCCCCCCCCCCCCCCOC(=O)c1ccccc1C(=O)O. The second-order valence-corrected chi connectivity index (χ2v) is 7.94. The molecule has 1 rings (SSSR count). The number of hydrogen-bond donors (Lipinski definition) is 1. The molecule has 0 radical (unpaired) electrons. The lowest BCUT2D eigenvalue weighted by molar-refractivity contribution is 0.0487. The van der Waals surface area contributed by atoms with Crippen LogP contribution < -0.4 is 0 Å². The van der Waals surface area contributed by atoms with Gasteiger partial charge in [-0.3, -0.25) is 0 Å². The normalized spacial score (nSPS) is 10.8. The highest BCUT2D eigenvalue weighted by Crippen LogP contribution is 2.14. The van der Waals surface area contributed by atoms with Crippen molar-refractivity contribution in [2.24, 2.45) is 0 Å². The zero-order chi connectivity index (χ0) is 21.2. The Morgan fingerprint density at radius 3 is 1.55 bits per heavy atom. The number of carbonyl (C=O) groups excluding carboxylic acids is 1. The second-order valence-electron chi connectivity index (χ2n) is 7.94. The van der Waals surface area contributed by atoms with Gasteiger partial charge in [0, 0.05) is 0 Å². The van der Waals surface area contributed by atoms with E-state index in [0.717, 1.165) is 12.8 Å². The van der Waals surface area contributed by atoms with Crippen LogP contribution >= 0.6 is 0 Å². The van der Waals surface area contributed by atoms with Gasteiger partial charge in [-0.15, -0.1) is 0 Å². The average molecular weight is 405 g/mol. The predicted molar refractivity (Wildman–Crippen MR) is 119 cm³/mol. The van der Waals surface area contributed by atoms with Crippen LogP contribution in [0.4, 0.5) is 0 Å². The van der Waals surface area contributed by atoms with E-state index in [4.69, 9.17) is 9.84 Å². The maximum Gasteiger partial charge on any atom is 0.339 e. The smallest absolute Gasteiger partial charge is 0.339 e. The summed E-state index contributed by atoms with van der Waals surface area (Å²) in [5.41, 5.74) is 0.120. The van der Waals surface area contributed by atoms with E-state index in [0.29, 0.717) is 6.61 Å². The molecular formula is C25H40O4. The van der Waals surface area contributed by atoms with Crippen LogP contribution in [0.2, 0.25) is 0 Å². The minimum Gasteiger partial charge on any atom is -0.478 e. The van der Waals surface area contributed by atoms with E-state index in [-0.39, 0.29) is 11.1 Å². The highest BCUT2D eigenvalue weighted by atomic mass is 16.5. The van der Waals surface area contributed by atoms with Crippen LogP contribution in [-0.4, -0.2) is 23.7 Å². The minimum absolute atomic E-state index is 0.00556. The topological polar surface area (TPSA) is 63.6 Å². The van der Waals surface area contributed by atoms with E-state index < -0.39 is 11.9 Å². The van der Waals surface area contributed by atoms with Gasteiger partial charge in [-0.1, -0.05) is 109 Å². The molecule has 0 heterocycles. The third-order valence-electron chi connectivity index (χ3n) is 5.36. The van der Waals surface area contributed by atoms with Crippen molar-refractivity contribution in [1.82, 2.24) is 0 Å². The lowest BCUT2D eigenvalue weighted by Gasteiger charge is -2.07. The Morgan fingerprint density at radius 2 is 1.10 bits per heavy atom. The fourth-order valence-corrected chi connectivity index (χ4v) is 3.56. The van der Waals surface area contributed by atoms with Crippen LogP contribution in [0.15, 0.2) is 24.3 Å². The first kappa shape index (κ1) is 25.2. The summed E-state index contributed by atoms with van der Waals surface area (Å²) in [6.07, 6.45) is 19.4. The Balaban J connectivity index is 1.92. The molecule has 164 valence electrons. The van der Waals surface area contributed by atoms with Gasteiger partial charge in [0.05, 0.1) is 17.7 Å². The van der Waals surface area contributed by atoms with Crippen LogP contribution in [0.1, 0.15) is 124 Å². The Morgan fingerprint density at radius 1 is 0.690 bits per heavy atom. The summed E-state index contributed by atoms with van der Waals surface area (Å²) in [5, 5.41) is 9.12. The maximum atomic E-state index is 12.0. The summed E-state index contributed by atoms with van der Waals surface area (Å²) in [4.78, 5) is 23.2. The molecule has 0 bridgehead atoms. The maximum absolute atomic E-state index is 12.0. The van der Waals surface area contributed by atoms with Crippen LogP contribution in [0, 0.1) is 0 Å². The Kier molecular flexibility index (Phi) is 14.8. The summed E-state index contributed by atoms with van der Waals surface area (Å²) >= 11 is 0. The van der Waals surface area contributed by atoms with E-state index in [2.05, 4.69) is 6.92 Å². The van der Waals surface area contributed by atoms with Gasteiger partial charge < -0.3 is 9.84 Å². The first-order valence-electron chi connectivity index (χ1n) is 11.7. The number of carbonyl (C=O) groups is 2. The molecule has 0 saturated carbocycles. The van der Waals surface area contributed by atoms with Gasteiger partial charge in [0.2, 0.25) is 0 Å². The summed E-state index contributed by atoms with van der Waals surface area (Å²) in [6.45, 7) is 2.62. The van der Waals surface area contributed by atoms with Crippen LogP contribution in [0.5, 0.6) is 0 Å². The molecule has 0 unspecified atom stereocenters. The molecule has 4 nitrogen and oxygen atoms in total. The molecule has 0 saturated heterocycles. The van der Waals surface area contributed by atoms with Gasteiger partial charge in [0.15, 0.2) is 0 Å². The number of benzene rings is 1. The quantitative estimate of drug-likeness (QED) is 0.204. The monoisotopic (exact) mass is 404 g/mol. The number of esters is 1. The molecule has 0 fully saturated rings. The highest BCUT2D eigenvalue weighted by Gasteiger charge is 2.16. The Hall–Kier alpha value is -1.84. The van der Waals surface area contributed by atoms with Crippen molar-refractivity contribution in [3.05, 3.63) is 35.4 Å². The summed E-state index contributed by atoms with van der Waals surface area (Å²) in [7, 11) is 0. The lowest BCUT2D eigenvalue weighted by atomic mass is 10.0. The first-order chi connectivity index (χ1) is 14.2. The number of unbranched alkanes of at least 4 members (excludes halogenated alkanes) is 14. The van der Waals surface area contributed by atoms with Gasteiger partial charge in [-0.25, -0.2) is 9.59 Å². The molecule has 0 spiro atoms. The minimum atomic E-state index is -1.11. The second kappa shape index (κ2) is 17.1. The lowest BCUT2D eigenvalue weighted by Crippen LogP contribution is -2.12. The van der Waals surface area contributed by atoms with Crippen LogP contribution in [-0.2, 0) is 4.74 Å². The molecule has 4 heteroatoms. The standard InChI is InChI=1S/C25H40O4/c1-2-3-4-5-6-7-8-9-10-11-12-13-14-15-18-21-29-25(28)23-20-17-16-19-22(23)24(26)27/h16-17,19-20H,2-15,18,21H2,1H3,(H,26,27). The number of carboxylic acid groups (broad SMARTS) is 1. The van der Waals surface area contributed by atoms with E-state index in [1.807, 2.05) is 0 Å². The molecule has 1 N–H and O–H groups in total. The van der Waals surface area contributed by atoms with Gasteiger partial charge >= 0.3 is 11.9 Å². The predicted octanol–water partition coefficient (Wildman–Crippen LogP) is 7.41. The zero-order valence-corrected chi connectivity index (χ0v) is 18.3. The summed E-state index contributed by atoms with van der Waals surface area (Å²) in [5.74, 6) is -1.65.